The maximum atomic E-state index is 13.3. The van der Waals surface area contributed by atoms with Crippen molar-refractivity contribution in [2.45, 2.75) is 24.1 Å². The molecule has 1 fully saturated rings. The Kier molecular flexibility index (Phi) is 8.30. The third kappa shape index (κ3) is 6.22. The van der Waals surface area contributed by atoms with Crippen LogP contribution in [0.25, 0.3) is 22.0 Å². The first-order valence-corrected chi connectivity index (χ1v) is 15.2. The normalized spacial score (nSPS) is 15.5. The van der Waals surface area contributed by atoms with Crippen LogP contribution in [0.5, 0.6) is 0 Å². The fraction of sp³-hybridized carbons (Fsp3) is 0.346. The number of sulfonamides is 1. The van der Waals surface area contributed by atoms with E-state index in [9.17, 15) is 13.2 Å². The van der Waals surface area contributed by atoms with Gasteiger partial charge in [-0.05, 0) is 26.0 Å². The average Bonchev–Trinajstić information content (AvgIpc) is 3.33. The number of hydrogen-bond donors (Lipinski definition) is 3. The minimum Gasteiger partial charge on any atom is -0.453 e. The van der Waals surface area contributed by atoms with E-state index in [1.807, 2.05) is 24.3 Å². The molecule has 1 aliphatic heterocycles. The summed E-state index contributed by atoms with van der Waals surface area (Å²) in [5.74, 6) is 0.722. The number of nitrogens with one attached hydrogen (secondary N) is 2. The number of rotatable bonds is 8. The third-order valence-electron chi connectivity index (χ3n) is 6.70. The first kappa shape index (κ1) is 28.6. The summed E-state index contributed by atoms with van der Waals surface area (Å²) in [6, 6.07) is 7.82. The zero-order valence-corrected chi connectivity index (χ0v) is 24.5. The maximum absolute atomic E-state index is 13.3. The number of carbonyl (C=O) groups excluding carboxylic acids is 1. The monoisotopic (exact) mass is 597 g/mol. The van der Waals surface area contributed by atoms with Crippen LogP contribution in [0.1, 0.15) is 12.6 Å². The van der Waals surface area contributed by atoms with Crippen LogP contribution in [0.3, 0.4) is 0 Å². The van der Waals surface area contributed by atoms with Crippen LogP contribution in [-0.2, 0) is 14.8 Å². The molecule has 4 heterocycles. The molecule has 0 saturated carbocycles. The van der Waals surface area contributed by atoms with Crippen LogP contribution in [0.2, 0.25) is 0 Å². The van der Waals surface area contributed by atoms with Gasteiger partial charge in [0.2, 0.25) is 0 Å². The Bertz CT molecular complexity index is 1670. The number of amides is 1. The fourth-order valence-corrected chi connectivity index (χ4v) is 7.75. The predicted octanol–water partition coefficient (Wildman–Crippen LogP) is 3.02. The zero-order valence-electron chi connectivity index (χ0n) is 22.9. The molecule has 216 valence electrons. The van der Waals surface area contributed by atoms with Crippen molar-refractivity contribution in [2.24, 2.45) is 0 Å². The SMILES string of the molecule is COC(=O)Nc1nc(C)c(S(=O)(=O)N2CCN(CC(C)Nc3ncnc4c(-c5cncc(N)c5)cccc34)CC2)s1. The highest BCUT2D eigenvalue weighted by atomic mass is 32.2. The van der Waals surface area contributed by atoms with Crippen LogP contribution in [0, 0.1) is 6.92 Å². The van der Waals surface area contributed by atoms with Crippen LogP contribution in [-0.4, -0.2) is 89.5 Å². The number of carbonyl (C=O) groups is 1. The lowest BCUT2D eigenvalue weighted by Gasteiger charge is -2.35. The van der Waals surface area contributed by atoms with E-state index in [1.165, 1.54) is 17.7 Å². The molecule has 1 atom stereocenters. The van der Waals surface area contributed by atoms with E-state index in [0.717, 1.165) is 39.2 Å². The van der Waals surface area contributed by atoms with Crippen LogP contribution < -0.4 is 16.4 Å². The molecular formula is C26H31N9O4S2. The van der Waals surface area contributed by atoms with Gasteiger partial charge in [-0.1, -0.05) is 23.5 Å². The Hall–Kier alpha value is -3.92. The number of para-hydroxylation sites is 1. The van der Waals surface area contributed by atoms with Gasteiger partial charge in [-0.3, -0.25) is 15.2 Å². The number of aromatic nitrogens is 4. The number of anilines is 3. The molecule has 0 spiro atoms. The number of fused-ring (bicyclic) bond motifs is 1. The number of nitrogens with zero attached hydrogens (tertiary/aromatic N) is 6. The van der Waals surface area contributed by atoms with Gasteiger partial charge in [0, 0.05) is 67.7 Å². The third-order valence-corrected chi connectivity index (χ3v) is 10.3. The molecule has 5 rings (SSSR count). The van der Waals surface area contributed by atoms with Gasteiger partial charge in [0.25, 0.3) is 10.0 Å². The number of nitrogen functional groups attached to an aromatic ring is 1. The first-order chi connectivity index (χ1) is 19.7. The number of benzene rings is 1. The highest BCUT2D eigenvalue weighted by Crippen LogP contribution is 2.32. The standard InChI is InChI=1S/C26H31N9O4S2/c1-16(31-23-21-6-4-5-20(22(21)29-15-30-23)18-11-19(27)13-28-12-18)14-34-7-9-35(10-8-34)41(37,38)24-17(2)32-25(40-24)33-26(36)39-3/h4-6,11-13,15-16H,7-10,14,27H2,1-3H3,(H,29,30,31)(H,32,33,36). The van der Waals surface area contributed by atoms with Crippen LogP contribution in [0.15, 0.2) is 47.2 Å². The molecule has 0 bridgehead atoms. The van der Waals surface area contributed by atoms with Crippen molar-refractivity contribution in [3.8, 4) is 11.1 Å². The van der Waals surface area contributed by atoms with Gasteiger partial charge < -0.3 is 15.8 Å². The smallest absolute Gasteiger partial charge is 0.413 e. The number of nitrogens with two attached hydrogens (primary N) is 1. The Morgan fingerprint density at radius 2 is 1.98 bits per heavy atom. The molecule has 1 saturated heterocycles. The van der Waals surface area contributed by atoms with E-state index in [4.69, 9.17) is 5.73 Å². The van der Waals surface area contributed by atoms with E-state index >= 15 is 0 Å². The number of ether oxygens (including phenoxy) is 1. The summed E-state index contributed by atoms with van der Waals surface area (Å²) in [5, 5.41) is 7.00. The summed E-state index contributed by atoms with van der Waals surface area (Å²) in [6.45, 7) is 6.23. The molecule has 1 unspecified atom stereocenters. The molecular weight excluding hydrogens is 566 g/mol. The summed E-state index contributed by atoms with van der Waals surface area (Å²) in [7, 11) is -2.51. The van der Waals surface area contributed by atoms with Gasteiger partial charge in [-0.15, -0.1) is 0 Å². The van der Waals surface area contributed by atoms with Gasteiger partial charge in [0.05, 0.1) is 24.0 Å². The molecule has 1 aliphatic rings. The second kappa shape index (κ2) is 11.9. The molecule has 4 N–H and O–H groups in total. The van der Waals surface area contributed by atoms with Crippen molar-refractivity contribution in [2.75, 3.05) is 56.2 Å². The largest absolute Gasteiger partial charge is 0.453 e. The van der Waals surface area contributed by atoms with Crippen LogP contribution in [0.4, 0.5) is 21.4 Å². The topological polar surface area (TPSA) is 169 Å². The average molecular weight is 598 g/mol. The van der Waals surface area contributed by atoms with E-state index in [2.05, 4.69) is 47.1 Å². The summed E-state index contributed by atoms with van der Waals surface area (Å²) in [6.07, 6.45) is 4.21. The zero-order chi connectivity index (χ0) is 29.1. The lowest BCUT2D eigenvalue weighted by atomic mass is 10.0. The van der Waals surface area contributed by atoms with Crippen molar-refractivity contribution in [1.82, 2.24) is 29.1 Å². The Balaban J connectivity index is 1.22. The highest BCUT2D eigenvalue weighted by Gasteiger charge is 2.32. The quantitative estimate of drug-likeness (QED) is 0.273. The highest BCUT2D eigenvalue weighted by molar-refractivity contribution is 7.91. The van der Waals surface area contributed by atoms with Crippen molar-refractivity contribution in [1.29, 1.82) is 0 Å². The number of piperazine rings is 1. The fourth-order valence-electron chi connectivity index (χ4n) is 4.79. The van der Waals surface area contributed by atoms with Gasteiger partial charge in [-0.2, -0.15) is 4.31 Å². The molecule has 1 amide bonds. The van der Waals surface area contributed by atoms with Crippen LogP contribution >= 0.6 is 11.3 Å². The number of aryl methyl sites for hydroxylation is 1. The van der Waals surface area contributed by atoms with Gasteiger partial charge in [-0.25, -0.2) is 28.2 Å². The number of hydrogen-bond acceptors (Lipinski definition) is 12. The molecule has 4 aromatic rings. The second-order valence-electron chi connectivity index (χ2n) is 9.69. The van der Waals surface area contributed by atoms with Crippen molar-refractivity contribution in [3.63, 3.8) is 0 Å². The minimum absolute atomic E-state index is 0.0321. The van der Waals surface area contributed by atoms with E-state index < -0.39 is 16.1 Å². The van der Waals surface area contributed by atoms with E-state index in [-0.39, 0.29) is 15.4 Å². The number of methoxy groups -OCH3 is 1. The number of thiazole rings is 1. The Labute approximate surface area is 241 Å². The maximum Gasteiger partial charge on any atom is 0.413 e. The van der Waals surface area contributed by atoms with Crippen molar-refractivity contribution >= 4 is 55.0 Å². The number of pyridine rings is 1. The second-order valence-corrected chi connectivity index (χ2v) is 12.8. The molecule has 13 nitrogen and oxygen atoms in total. The molecule has 0 aliphatic carbocycles. The van der Waals surface area contributed by atoms with Crippen molar-refractivity contribution < 1.29 is 17.9 Å². The van der Waals surface area contributed by atoms with Crippen molar-refractivity contribution in [3.05, 3.63) is 48.7 Å². The minimum atomic E-state index is -3.74. The Morgan fingerprint density at radius 1 is 1.20 bits per heavy atom. The molecule has 15 heteroatoms. The predicted molar refractivity (Wildman–Crippen MR) is 158 cm³/mol. The first-order valence-electron chi connectivity index (χ1n) is 12.9. The van der Waals surface area contributed by atoms with E-state index in [1.54, 1.807) is 19.3 Å². The summed E-state index contributed by atoms with van der Waals surface area (Å²) in [4.78, 5) is 31.1. The van der Waals surface area contributed by atoms with E-state index in [0.29, 0.717) is 44.1 Å². The lowest BCUT2D eigenvalue weighted by molar-refractivity contribution is 0.184. The lowest BCUT2D eigenvalue weighted by Crippen LogP contribution is -2.50. The molecule has 0 radical (unpaired) electrons. The van der Waals surface area contributed by atoms with Gasteiger partial charge >= 0.3 is 6.09 Å². The van der Waals surface area contributed by atoms with Gasteiger partial charge in [0.15, 0.2) is 9.34 Å². The Morgan fingerprint density at radius 3 is 2.71 bits per heavy atom. The molecule has 1 aromatic carbocycles. The summed E-state index contributed by atoms with van der Waals surface area (Å²) >= 11 is 0.919. The summed E-state index contributed by atoms with van der Waals surface area (Å²) in [5.41, 5.74) is 9.46. The molecule has 3 aromatic heterocycles. The molecule has 41 heavy (non-hydrogen) atoms. The van der Waals surface area contributed by atoms with Gasteiger partial charge in [0.1, 0.15) is 12.1 Å². The summed E-state index contributed by atoms with van der Waals surface area (Å²) < 4.78 is 32.8.